The molecular weight excluding hydrogens is 224 g/mol. The molecule has 0 N–H and O–H groups in total. The summed E-state index contributed by atoms with van der Waals surface area (Å²) in [5, 5.41) is 0. The molecule has 0 saturated heterocycles. The summed E-state index contributed by atoms with van der Waals surface area (Å²) < 4.78 is 7.85. The zero-order chi connectivity index (χ0) is 12.7. The van der Waals surface area contributed by atoms with Gasteiger partial charge in [0, 0.05) is 17.7 Å². The minimum atomic E-state index is 0.680. The summed E-state index contributed by atoms with van der Waals surface area (Å²) >= 11 is 0. The van der Waals surface area contributed by atoms with Crippen molar-refractivity contribution < 1.29 is 8.98 Å². The first-order chi connectivity index (χ1) is 8.63. The summed E-state index contributed by atoms with van der Waals surface area (Å²) in [5.74, 6) is 0.680. The van der Waals surface area contributed by atoms with Gasteiger partial charge in [0.15, 0.2) is 18.0 Å². The van der Waals surface area contributed by atoms with Crippen molar-refractivity contribution in [2.75, 3.05) is 0 Å². The van der Waals surface area contributed by atoms with Crippen molar-refractivity contribution in [3.63, 3.8) is 0 Å². The molecule has 3 heteroatoms. The lowest BCUT2D eigenvalue weighted by atomic mass is 10.1. The minimum absolute atomic E-state index is 0.680. The van der Waals surface area contributed by atoms with Gasteiger partial charge in [-0.25, -0.2) is 9.55 Å². The molecule has 3 nitrogen and oxygen atoms in total. The van der Waals surface area contributed by atoms with Gasteiger partial charge in [-0.3, -0.25) is 0 Å². The first kappa shape index (κ1) is 11.0. The second-order valence-electron chi connectivity index (χ2n) is 4.70. The van der Waals surface area contributed by atoms with Gasteiger partial charge in [-0.15, -0.1) is 0 Å². The molecule has 0 aliphatic carbocycles. The molecule has 3 aromatic rings. The molecule has 3 rings (SSSR count). The second kappa shape index (κ2) is 3.95. The van der Waals surface area contributed by atoms with Crippen LogP contribution < -0.4 is 4.57 Å². The molecule has 0 aliphatic heterocycles. The van der Waals surface area contributed by atoms with Crippen LogP contribution in [0.3, 0.4) is 0 Å². The van der Waals surface area contributed by atoms with E-state index in [0.717, 1.165) is 22.2 Å². The van der Waals surface area contributed by atoms with Crippen LogP contribution in [-0.4, -0.2) is 4.98 Å². The van der Waals surface area contributed by atoms with Crippen molar-refractivity contribution in [3.8, 4) is 11.5 Å². The van der Waals surface area contributed by atoms with Crippen molar-refractivity contribution in [3.05, 3.63) is 47.8 Å². The van der Waals surface area contributed by atoms with E-state index in [1.54, 1.807) is 0 Å². The first-order valence-electron chi connectivity index (χ1n) is 5.97. The number of aromatic nitrogens is 2. The van der Waals surface area contributed by atoms with E-state index in [2.05, 4.69) is 31.0 Å². The number of nitrogens with zero attached hydrogens (tertiary/aromatic N) is 2. The van der Waals surface area contributed by atoms with Crippen LogP contribution in [0.1, 0.15) is 11.1 Å². The third kappa shape index (κ3) is 1.78. The van der Waals surface area contributed by atoms with E-state index >= 15 is 0 Å². The average Bonchev–Trinajstić information content (AvgIpc) is 2.74. The van der Waals surface area contributed by atoms with Crippen LogP contribution in [0.25, 0.3) is 22.6 Å². The van der Waals surface area contributed by atoms with E-state index in [4.69, 9.17) is 4.42 Å². The Labute approximate surface area is 106 Å². The molecule has 0 unspecified atom stereocenters. The number of hydrogen-bond acceptors (Lipinski definition) is 2. The van der Waals surface area contributed by atoms with Crippen LogP contribution in [0.15, 0.2) is 41.1 Å². The van der Waals surface area contributed by atoms with Crippen molar-refractivity contribution in [1.29, 1.82) is 0 Å². The van der Waals surface area contributed by atoms with Gasteiger partial charge in [0.1, 0.15) is 12.6 Å². The van der Waals surface area contributed by atoms with E-state index in [1.165, 1.54) is 5.56 Å². The van der Waals surface area contributed by atoms with Crippen LogP contribution in [0.2, 0.25) is 0 Å². The number of rotatable bonds is 1. The quantitative estimate of drug-likeness (QED) is 0.611. The summed E-state index contributed by atoms with van der Waals surface area (Å²) in [5.41, 5.74) is 5.14. The molecule has 2 aromatic heterocycles. The maximum absolute atomic E-state index is 5.86. The van der Waals surface area contributed by atoms with Gasteiger partial charge >= 0.3 is 0 Å². The largest absolute Gasteiger partial charge is 0.436 e. The van der Waals surface area contributed by atoms with Gasteiger partial charge in [-0.1, -0.05) is 6.07 Å². The van der Waals surface area contributed by atoms with Crippen LogP contribution in [-0.2, 0) is 7.05 Å². The molecule has 0 radical (unpaired) electrons. The zero-order valence-corrected chi connectivity index (χ0v) is 10.8. The highest BCUT2D eigenvalue weighted by atomic mass is 16.3. The predicted molar refractivity (Wildman–Crippen MR) is 70.1 cm³/mol. The summed E-state index contributed by atoms with van der Waals surface area (Å²) in [6.07, 6.45) is 3.98. The van der Waals surface area contributed by atoms with Gasteiger partial charge in [-0.2, -0.15) is 0 Å². The van der Waals surface area contributed by atoms with Crippen LogP contribution in [0.5, 0.6) is 0 Å². The fourth-order valence-electron chi connectivity index (χ4n) is 2.14. The monoisotopic (exact) mass is 239 g/mol. The fraction of sp³-hybridized carbons (Fsp3) is 0.200. The fourth-order valence-corrected chi connectivity index (χ4v) is 2.14. The van der Waals surface area contributed by atoms with Crippen LogP contribution in [0.4, 0.5) is 0 Å². The molecule has 0 aliphatic rings. The van der Waals surface area contributed by atoms with E-state index in [-0.39, 0.29) is 0 Å². The number of pyridine rings is 1. The smallest absolute Gasteiger partial charge is 0.227 e. The van der Waals surface area contributed by atoms with E-state index < -0.39 is 0 Å². The maximum Gasteiger partial charge on any atom is 0.227 e. The molecule has 0 atom stereocenters. The standard InChI is InChI=1S/C15H15N2O/c1-10-8-11(2)14-13(9-10)16-15(18-14)12-4-6-17(3)7-5-12/h4-9H,1-3H3/q+1. The molecule has 0 fully saturated rings. The van der Waals surface area contributed by atoms with Crippen molar-refractivity contribution in [2.45, 2.75) is 13.8 Å². The number of benzene rings is 1. The Bertz CT molecular complexity index is 711. The molecule has 0 bridgehead atoms. The average molecular weight is 239 g/mol. The number of fused-ring (bicyclic) bond motifs is 1. The molecule has 0 saturated carbocycles. The number of aryl methyl sites for hydroxylation is 3. The molecule has 2 heterocycles. The van der Waals surface area contributed by atoms with Crippen molar-refractivity contribution in [2.24, 2.45) is 7.05 Å². The molecular formula is C15H15N2O+. The van der Waals surface area contributed by atoms with Gasteiger partial charge in [0.05, 0.1) is 0 Å². The van der Waals surface area contributed by atoms with Crippen LogP contribution >= 0.6 is 0 Å². The molecule has 0 spiro atoms. The normalized spacial score (nSPS) is 11.1. The number of oxazole rings is 1. The topological polar surface area (TPSA) is 29.9 Å². The highest BCUT2D eigenvalue weighted by Gasteiger charge is 2.11. The molecule has 1 aromatic carbocycles. The third-order valence-electron chi connectivity index (χ3n) is 3.05. The lowest BCUT2D eigenvalue weighted by molar-refractivity contribution is -0.671. The first-order valence-corrected chi connectivity index (χ1v) is 5.97. The van der Waals surface area contributed by atoms with Crippen molar-refractivity contribution in [1.82, 2.24) is 4.98 Å². The minimum Gasteiger partial charge on any atom is -0.436 e. The zero-order valence-electron chi connectivity index (χ0n) is 10.8. The molecule has 18 heavy (non-hydrogen) atoms. The summed E-state index contributed by atoms with van der Waals surface area (Å²) in [4.78, 5) is 4.56. The Morgan fingerprint density at radius 3 is 2.56 bits per heavy atom. The summed E-state index contributed by atoms with van der Waals surface area (Å²) in [6.45, 7) is 4.12. The van der Waals surface area contributed by atoms with E-state index in [0.29, 0.717) is 5.89 Å². The summed E-state index contributed by atoms with van der Waals surface area (Å²) in [6, 6.07) is 8.18. The Morgan fingerprint density at radius 2 is 1.83 bits per heavy atom. The maximum atomic E-state index is 5.86. The highest BCUT2D eigenvalue weighted by molar-refractivity contribution is 5.79. The Balaban J connectivity index is 2.19. The SMILES string of the molecule is Cc1cc(C)c2oc(-c3cc[n+](C)cc3)nc2c1. The Morgan fingerprint density at radius 1 is 1.11 bits per heavy atom. The lowest BCUT2D eigenvalue weighted by Gasteiger charge is -1.95. The second-order valence-corrected chi connectivity index (χ2v) is 4.70. The third-order valence-corrected chi connectivity index (χ3v) is 3.05. The predicted octanol–water partition coefficient (Wildman–Crippen LogP) is 2.94. The number of hydrogen-bond donors (Lipinski definition) is 0. The molecule has 90 valence electrons. The van der Waals surface area contributed by atoms with Gasteiger partial charge in [-0.05, 0) is 31.0 Å². The Kier molecular flexibility index (Phi) is 2.40. The van der Waals surface area contributed by atoms with E-state index in [9.17, 15) is 0 Å². The van der Waals surface area contributed by atoms with Gasteiger partial charge < -0.3 is 4.42 Å². The van der Waals surface area contributed by atoms with E-state index in [1.807, 2.05) is 36.1 Å². The highest BCUT2D eigenvalue weighted by Crippen LogP contribution is 2.26. The van der Waals surface area contributed by atoms with Crippen molar-refractivity contribution >= 4 is 11.1 Å². The molecule has 0 amide bonds. The van der Waals surface area contributed by atoms with Gasteiger partial charge in [0.2, 0.25) is 5.89 Å². The summed E-state index contributed by atoms with van der Waals surface area (Å²) in [7, 11) is 1.99. The van der Waals surface area contributed by atoms with Gasteiger partial charge in [0.25, 0.3) is 0 Å². The van der Waals surface area contributed by atoms with Crippen LogP contribution in [0, 0.1) is 13.8 Å². The Hall–Kier alpha value is -2.16. The lowest BCUT2D eigenvalue weighted by Crippen LogP contribution is -2.25.